The highest BCUT2D eigenvalue weighted by Crippen LogP contribution is 2.37. The molecule has 0 bridgehead atoms. The van der Waals surface area contributed by atoms with Gasteiger partial charge in [-0.15, -0.1) is 0 Å². The third-order valence-electron chi connectivity index (χ3n) is 3.83. The number of carbonyl (C=O) groups is 1. The second kappa shape index (κ2) is 5.85. The Balaban J connectivity index is 2.36. The number of aromatic amines is 1. The summed E-state index contributed by atoms with van der Waals surface area (Å²) in [5.41, 5.74) is 0.742. The van der Waals surface area contributed by atoms with Gasteiger partial charge in [0.25, 0.3) is 0 Å². The smallest absolute Gasteiger partial charge is 0.242 e. The first kappa shape index (κ1) is 14.1. The van der Waals surface area contributed by atoms with E-state index in [-0.39, 0.29) is 5.91 Å². The predicted molar refractivity (Wildman–Crippen MR) is 85.4 cm³/mol. The highest BCUT2D eigenvalue weighted by atomic mass is 16.2. The monoisotopic (exact) mass is 291 g/mol. The quantitative estimate of drug-likeness (QED) is 0.776. The molecule has 4 heteroatoms. The number of hydrogen-bond donors (Lipinski definition) is 2. The van der Waals surface area contributed by atoms with Crippen molar-refractivity contribution in [3.63, 3.8) is 0 Å². The summed E-state index contributed by atoms with van der Waals surface area (Å²) in [5.74, 6) is 0.476. The lowest BCUT2D eigenvalue weighted by atomic mass is 9.73. The molecule has 0 fully saturated rings. The highest BCUT2D eigenvalue weighted by Gasteiger charge is 2.45. The zero-order chi connectivity index (χ0) is 15.4. The number of rotatable bonds is 4. The van der Waals surface area contributed by atoms with Crippen molar-refractivity contribution in [1.82, 2.24) is 15.3 Å². The maximum atomic E-state index is 13.0. The molecule has 1 amide bonds. The summed E-state index contributed by atoms with van der Waals surface area (Å²) >= 11 is 0. The Labute approximate surface area is 129 Å². The van der Waals surface area contributed by atoms with Crippen molar-refractivity contribution < 1.29 is 4.79 Å². The van der Waals surface area contributed by atoms with E-state index < -0.39 is 5.41 Å². The molecule has 0 atom stereocenters. The van der Waals surface area contributed by atoms with Crippen molar-refractivity contribution >= 4 is 5.91 Å². The molecule has 0 saturated heterocycles. The first-order chi connectivity index (χ1) is 10.8. The third-order valence-corrected chi connectivity index (χ3v) is 3.83. The second-order valence-electron chi connectivity index (χ2n) is 5.00. The van der Waals surface area contributed by atoms with Crippen molar-refractivity contribution in [2.75, 3.05) is 7.05 Å². The van der Waals surface area contributed by atoms with Gasteiger partial charge < -0.3 is 10.3 Å². The summed E-state index contributed by atoms with van der Waals surface area (Å²) in [4.78, 5) is 20.5. The van der Waals surface area contributed by atoms with Crippen LogP contribution in [-0.4, -0.2) is 22.9 Å². The van der Waals surface area contributed by atoms with Crippen molar-refractivity contribution in [1.29, 1.82) is 0 Å². The van der Waals surface area contributed by atoms with Gasteiger partial charge in [0.15, 0.2) is 5.41 Å². The molecular weight excluding hydrogens is 274 g/mol. The SMILES string of the molecule is CNC(=O)C(c1ccccc1)(c1ccccc1)c1ncc[nH]1. The van der Waals surface area contributed by atoms with E-state index in [0.717, 1.165) is 11.1 Å². The maximum absolute atomic E-state index is 13.0. The molecule has 110 valence electrons. The van der Waals surface area contributed by atoms with Crippen molar-refractivity contribution in [2.24, 2.45) is 0 Å². The summed E-state index contributed by atoms with van der Waals surface area (Å²) in [5, 5.41) is 2.79. The standard InChI is InChI=1S/C18H17N3O/c1-19-17(22)18(16-20-12-13-21-16,14-8-4-2-5-9-14)15-10-6-3-7-11-15/h2-13H,1H3,(H,19,22)(H,20,21). The molecule has 0 aliphatic carbocycles. The average molecular weight is 291 g/mol. The molecule has 0 unspecified atom stereocenters. The van der Waals surface area contributed by atoms with Gasteiger partial charge in [-0.25, -0.2) is 4.98 Å². The minimum absolute atomic E-state index is 0.125. The van der Waals surface area contributed by atoms with E-state index in [9.17, 15) is 4.79 Å². The van der Waals surface area contributed by atoms with Gasteiger partial charge >= 0.3 is 0 Å². The van der Waals surface area contributed by atoms with Crippen LogP contribution < -0.4 is 5.32 Å². The number of amides is 1. The Morgan fingerprint density at radius 1 is 1.00 bits per heavy atom. The molecule has 0 aliphatic rings. The molecule has 2 N–H and O–H groups in total. The minimum Gasteiger partial charge on any atom is -0.358 e. The van der Waals surface area contributed by atoms with Crippen LogP contribution in [0.3, 0.4) is 0 Å². The number of aromatic nitrogens is 2. The molecular formula is C18H17N3O. The van der Waals surface area contributed by atoms with Crippen LogP contribution in [0.5, 0.6) is 0 Å². The van der Waals surface area contributed by atoms with E-state index in [1.54, 1.807) is 19.4 Å². The zero-order valence-electron chi connectivity index (χ0n) is 12.3. The zero-order valence-corrected chi connectivity index (χ0v) is 12.3. The Kier molecular flexibility index (Phi) is 3.74. The minimum atomic E-state index is -0.999. The molecule has 22 heavy (non-hydrogen) atoms. The number of nitrogens with one attached hydrogen (secondary N) is 2. The Morgan fingerprint density at radius 2 is 1.55 bits per heavy atom. The highest BCUT2D eigenvalue weighted by molar-refractivity contribution is 5.95. The van der Waals surface area contributed by atoms with Gasteiger partial charge in [0.1, 0.15) is 5.82 Å². The van der Waals surface area contributed by atoms with Crippen molar-refractivity contribution in [3.8, 4) is 0 Å². The average Bonchev–Trinajstić information content (AvgIpc) is 3.12. The van der Waals surface area contributed by atoms with E-state index >= 15 is 0 Å². The lowest BCUT2D eigenvalue weighted by molar-refractivity contribution is -0.123. The topological polar surface area (TPSA) is 57.8 Å². The van der Waals surface area contributed by atoms with E-state index in [4.69, 9.17) is 0 Å². The summed E-state index contributed by atoms with van der Waals surface area (Å²) < 4.78 is 0. The number of imidazole rings is 1. The Bertz CT molecular complexity index is 697. The Hall–Kier alpha value is -2.88. The van der Waals surface area contributed by atoms with Gasteiger partial charge in [-0.3, -0.25) is 4.79 Å². The molecule has 0 saturated carbocycles. The maximum Gasteiger partial charge on any atom is 0.242 e. The second-order valence-corrected chi connectivity index (χ2v) is 5.00. The van der Waals surface area contributed by atoms with Gasteiger partial charge in [-0.05, 0) is 11.1 Å². The molecule has 1 heterocycles. The number of nitrogens with zero attached hydrogens (tertiary/aromatic N) is 1. The van der Waals surface area contributed by atoms with Crippen LogP contribution >= 0.6 is 0 Å². The number of likely N-dealkylation sites (N-methyl/N-ethyl adjacent to an activating group) is 1. The van der Waals surface area contributed by atoms with E-state index in [1.807, 2.05) is 60.7 Å². The lowest BCUT2D eigenvalue weighted by Gasteiger charge is -2.31. The summed E-state index contributed by atoms with van der Waals surface area (Å²) in [6, 6.07) is 19.4. The van der Waals surface area contributed by atoms with E-state index in [0.29, 0.717) is 5.82 Å². The van der Waals surface area contributed by atoms with E-state index in [1.165, 1.54) is 0 Å². The lowest BCUT2D eigenvalue weighted by Crippen LogP contribution is -2.45. The van der Waals surface area contributed by atoms with Crippen LogP contribution in [0.1, 0.15) is 17.0 Å². The fourth-order valence-electron chi connectivity index (χ4n) is 2.84. The van der Waals surface area contributed by atoms with Crippen LogP contribution in [0.2, 0.25) is 0 Å². The van der Waals surface area contributed by atoms with Gasteiger partial charge in [0.2, 0.25) is 5.91 Å². The fraction of sp³-hybridized carbons (Fsp3) is 0.111. The molecule has 0 radical (unpaired) electrons. The summed E-state index contributed by atoms with van der Waals surface area (Å²) in [7, 11) is 1.64. The van der Waals surface area contributed by atoms with Crippen LogP contribution in [-0.2, 0) is 10.2 Å². The van der Waals surface area contributed by atoms with E-state index in [2.05, 4.69) is 15.3 Å². The third kappa shape index (κ3) is 2.09. The van der Waals surface area contributed by atoms with Gasteiger partial charge in [0.05, 0.1) is 0 Å². The Morgan fingerprint density at radius 3 is 1.95 bits per heavy atom. The predicted octanol–water partition coefficient (Wildman–Crippen LogP) is 2.49. The number of benzene rings is 2. The number of H-pyrrole nitrogens is 1. The fourth-order valence-corrected chi connectivity index (χ4v) is 2.84. The molecule has 3 aromatic rings. The van der Waals surface area contributed by atoms with Gasteiger partial charge in [-0.2, -0.15) is 0 Å². The van der Waals surface area contributed by atoms with Crippen LogP contribution in [0.4, 0.5) is 0 Å². The molecule has 4 nitrogen and oxygen atoms in total. The van der Waals surface area contributed by atoms with Crippen LogP contribution in [0.15, 0.2) is 73.1 Å². The molecule has 2 aromatic carbocycles. The van der Waals surface area contributed by atoms with Crippen molar-refractivity contribution in [3.05, 3.63) is 90.0 Å². The molecule has 3 rings (SSSR count). The molecule has 1 aromatic heterocycles. The van der Waals surface area contributed by atoms with Gasteiger partial charge in [-0.1, -0.05) is 60.7 Å². The van der Waals surface area contributed by atoms with Crippen molar-refractivity contribution in [2.45, 2.75) is 5.41 Å². The number of carbonyl (C=O) groups excluding carboxylic acids is 1. The normalized spacial score (nSPS) is 11.1. The first-order valence-electron chi connectivity index (χ1n) is 7.13. The molecule has 0 spiro atoms. The van der Waals surface area contributed by atoms with Crippen LogP contribution in [0, 0.1) is 0 Å². The molecule has 0 aliphatic heterocycles. The van der Waals surface area contributed by atoms with Gasteiger partial charge in [0, 0.05) is 19.4 Å². The first-order valence-corrected chi connectivity index (χ1v) is 7.13. The largest absolute Gasteiger partial charge is 0.358 e. The number of hydrogen-bond acceptors (Lipinski definition) is 2. The summed E-state index contributed by atoms with van der Waals surface area (Å²) in [6.07, 6.45) is 3.40. The summed E-state index contributed by atoms with van der Waals surface area (Å²) in [6.45, 7) is 0. The van der Waals surface area contributed by atoms with Crippen LogP contribution in [0.25, 0.3) is 0 Å².